The van der Waals surface area contributed by atoms with Crippen molar-refractivity contribution in [2.24, 2.45) is 0 Å². The Morgan fingerprint density at radius 2 is 1.91 bits per heavy atom. The molecule has 0 aliphatic heterocycles. The number of rotatable bonds is 5. The summed E-state index contributed by atoms with van der Waals surface area (Å²) < 4.78 is 30.8. The number of carbonyl (C=O) groups excluding carboxylic acids is 2. The number of amides is 3. The van der Waals surface area contributed by atoms with Crippen LogP contribution in [0.3, 0.4) is 0 Å². The summed E-state index contributed by atoms with van der Waals surface area (Å²) in [6.45, 7) is 1.27. The average molecular weight is 329 g/mol. The number of ether oxygens (including phenoxy) is 1. The maximum atomic E-state index is 12.3. The van der Waals surface area contributed by atoms with E-state index in [1.54, 1.807) is 13.0 Å². The van der Waals surface area contributed by atoms with Crippen LogP contribution in [0, 0.1) is 6.92 Å². The zero-order valence-corrected chi connectivity index (χ0v) is 13.7. The number of aryl methyl sites for hydroxylation is 1. The van der Waals surface area contributed by atoms with Crippen molar-refractivity contribution in [3.63, 3.8) is 0 Å². The highest BCUT2D eigenvalue weighted by molar-refractivity contribution is 7.89. The van der Waals surface area contributed by atoms with Gasteiger partial charge >= 0.3 is 6.03 Å². The van der Waals surface area contributed by atoms with Gasteiger partial charge in [0.2, 0.25) is 10.0 Å². The number of nitrogens with zero attached hydrogens (tertiary/aromatic N) is 1. The van der Waals surface area contributed by atoms with Crippen LogP contribution in [0.4, 0.5) is 4.79 Å². The van der Waals surface area contributed by atoms with Crippen LogP contribution in [0.1, 0.15) is 5.56 Å². The van der Waals surface area contributed by atoms with Gasteiger partial charge in [-0.15, -0.1) is 0 Å². The molecule has 0 unspecified atom stereocenters. The van der Waals surface area contributed by atoms with Gasteiger partial charge in [-0.1, -0.05) is 6.07 Å². The van der Waals surface area contributed by atoms with Crippen molar-refractivity contribution in [2.45, 2.75) is 11.8 Å². The van der Waals surface area contributed by atoms with Gasteiger partial charge in [0.05, 0.1) is 0 Å². The van der Waals surface area contributed by atoms with Crippen molar-refractivity contribution in [1.82, 2.24) is 14.9 Å². The van der Waals surface area contributed by atoms with Gasteiger partial charge in [-0.3, -0.25) is 10.1 Å². The summed E-state index contributed by atoms with van der Waals surface area (Å²) in [5, 5.41) is 4.24. The molecule has 0 aliphatic carbocycles. The number of nitrogens with one attached hydrogen (secondary N) is 2. The summed E-state index contributed by atoms with van der Waals surface area (Å²) >= 11 is 0. The Kier molecular flexibility index (Phi) is 5.89. The van der Waals surface area contributed by atoms with Crippen LogP contribution in [-0.2, 0) is 14.8 Å². The first-order valence-corrected chi connectivity index (χ1v) is 7.80. The molecule has 8 nitrogen and oxygen atoms in total. The van der Waals surface area contributed by atoms with Gasteiger partial charge in [0.15, 0.2) is 6.61 Å². The van der Waals surface area contributed by atoms with Gasteiger partial charge in [0.25, 0.3) is 5.91 Å². The van der Waals surface area contributed by atoms with Crippen molar-refractivity contribution >= 4 is 22.0 Å². The highest BCUT2D eigenvalue weighted by atomic mass is 32.2. The SMILES string of the molecule is CNC(=O)NC(=O)COc1ccc(C)cc1S(=O)(=O)N(C)C. The van der Waals surface area contributed by atoms with E-state index in [0.717, 1.165) is 9.87 Å². The number of carbonyl (C=O) groups is 2. The van der Waals surface area contributed by atoms with Crippen LogP contribution in [0.25, 0.3) is 0 Å². The van der Waals surface area contributed by atoms with E-state index >= 15 is 0 Å². The van der Waals surface area contributed by atoms with Crippen LogP contribution < -0.4 is 15.4 Å². The minimum absolute atomic E-state index is 0.0368. The van der Waals surface area contributed by atoms with E-state index in [9.17, 15) is 18.0 Å². The smallest absolute Gasteiger partial charge is 0.321 e. The van der Waals surface area contributed by atoms with E-state index in [0.29, 0.717) is 0 Å². The number of imide groups is 1. The lowest BCUT2D eigenvalue weighted by Crippen LogP contribution is -2.40. The first-order valence-electron chi connectivity index (χ1n) is 6.36. The molecule has 0 bridgehead atoms. The molecular weight excluding hydrogens is 310 g/mol. The minimum atomic E-state index is -3.71. The van der Waals surface area contributed by atoms with Gasteiger partial charge in [0.1, 0.15) is 10.6 Å². The van der Waals surface area contributed by atoms with Crippen molar-refractivity contribution in [3.05, 3.63) is 23.8 Å². The number of benzene rings is 1. The Morgan fingerprint density at radius 1 is 1.27 bits per heavy atom. The van der Waals surface area contributed by atoms with E-state index in [1.165, 1.54) is 33.3 Å². The summed E-state index contributed by atoms with van der Waals surface area (Å²) in [7, 11) is 0.463. The van der Waals surface area contributed by atoms with Crippen LogP contribution in [0.2, 0.25) is 0 Å². The zero-order chi connectivity index (χ0) is 16.9. The van der Waals surface area contributed by atoms with Gasteiger partial charge in [-0.05, 0) is 24.6 Å². The molecular formula is C13H19N3O5S. The average Bonchev–Trinajstić information content (AvgIpc) is 2.45. The Balaban J connectivity index is 2.97. The maximum absolute atomic E-state index is 12.3. The standard InChI is InChI=1S/C13H19N3O5S/c1-9-5-6-10(11(7-9)22(19,20)16(3)4)21-8-12(17)15-13(18)14-2/h5-7H,8H2,1-4H3,(H2,14,15,17,18). The van der Waals surface area contributed by atoms with E-state index in [2.05, 4.69) is 5.32 Å². The fraction of sp³-hybridized carbons (Fsp3) is 0.385. The summed E-state index contributed by atoms with van der Waals surface area (Å²) in [5.74, 6) is -0.639. The van der Waals surface area contributed by atoms with Crippen molar-refractivity contribution in [1.29, 1.82) is 0 Å². The van der Waals surface area contributed by atoms with Crippen molar-refractivity contribution in [3.8, 4) is 5.75 Å². The molecule has 1 rings (SSSR count). The second-order valence-corrected chi connectivity index (χ2v) is 6.77. The quantitative estimate of drug-likeness (QED) is 0.796. The van der Waals surface area contributed by atoms with Crippen LogP contribution in [0.15, 0.2) is 23.1 Å². The Bertz CT molecular complexity index is 670. The molecule has 0 spiro atoms. The fourth-order valence-corrected chi connectivity index (χ4v) is 2.61. The molecule has 0 fully saturated rings. The molecule has 9 heteroatoms. The molecule has 2 N–H and O–H groups in total. The van der Waals surface area contributed by atoms with Crippen LogP contribution >= 0.6 is 0 Å². The largest absolute Gasteiger partial charge is 0.482 e. The van der Waals surface area contributed by atoms with E-state index in [4.69, 9.17) is 4.74 Å². The molecule has 0 aliphatic rings. The third-order valence-corrected chi connectivity index (χ3v) is 4.53. The first kappa shape index (κ1) is 17.9. The van der Waals surface area contributed by atoms with Crippen LogP contribution in [-0.4, -0.2) is 52.4 Å². The number of urea groups is 1. The molecule has 22 heavy (non-hydrogen) atoms. The molecule has 1 aromatic rings. The molecule has 0 atom stereocenters. The van der Waals surface area contributed by atoms with Gasteiger partial charge in [0, 0.05) is 21.1 Å². The molecule has 0 aromatic heterocycles. The fourth-order valence-electron chi connectivity index (χ4n) is 1.50. The van der Waals surface area contributed by atoms with Gasteiger partial charge in [-0.2, -0.15) is 0 Å². The van der Waals surface area contributed by atoms with E-state index in [-0.39, 0.29) is 10.6 Å². The zero-order valence-electron chi connectivity index (χ0n) is 12.8. The van der Waals surface area contributed by atoms with E-state index < -0.39 is 28.6 Å². The molecule has 3 amide bonds. The highest BCUT2D eigenvalue weighted by Gasteiger charge is 2.23. The molecule has 0 heterocycles. The Morgan fingerprint density at radius 3 is 2.45 bits per heavy atom. The predicted molar refractivity (Wildman–Crippen MR) is 80.1 cm³/mol. The second-order valence-electron chi connectivity index (χ2n) is 4.65. The van der Waals surface area contributed by atoms with Gasteiger partial charge in [-0.25, -0.2) is 17.5 Å². The molecule has 122 valence electrons. The summed E-state index contributed by atoms with van der Waals surface area (Å²) in [5.41, 5.74) is 0.739. The topological polar surface area (TPSA) is 105 Å². The summed E-state index contributed by atoms with van der Waals surface area (Å²) in [6.07, 6.45) is 0. The molecule has 0 saturated heterocycles. The van der Waals surface area contributed by atoms with Crippen LogP contribution in [0.5, 0.6) is 5.75 Å². The first-order chi connectivity index (χ1) is 10.2. The Hall–Kier alpha value is -2.13. The normalized spacial score (nSPS) is 11.1. The van der Waals surface area contributed by atoms with Gasteiger partial charge < -0.3 is 10.1 Å². The molecule has 0 radical (unpaired) electrons. The number of sulfonamides is 1. The lowest BCUT2D eigenvalue weighted by atomic mass is 10.2. The number of hydrogen-bond donors (Lipinski definition) is 2. The molecule has 1 aromatic carbocycles. The van der Waals surface area contributed by atoms with Crippen molar-refractivity contribution < 1.29 is 22.7 Å². The Labute approximate surface area is 129 Å². The summed E-state index contributed by atoms with van der Waals surface area (Å²) in [6, 6.07) is 3.93. The number of hydrogen-bond acceptors (Lipinski definition) is 5. The maximum Gasteiger partial charge on any atom is 0.321 e. The third-order valence-electron chi connectivity index (χ3n) is 2.70. The second kappa shape index (κ2) is 7.23. The lowest BCUT2D eigenvalue weighted by Gasteiger charge is -2.16. The lowest BCUT2D eigenvalue weighted by molar-refractivity contribution is -0.122. The van der Waals surface area contributed by atoms with E-state index in [1.807, 2.05) is 5.32 Å². The van der Waals surface area contributed by atoms with Crippen molar-refractivity contribution in [2.75, 3.05) is 27.7 Å². The third kappa shape index (κ3) is 4.43. The highest BCUT2D eigenvalue weighted by Crippen LogP contribution is 2.26. The monoisotopic (exact) mass is 329 g/mol. The molecule has 0 saturated carbocycles. The predicted octanol–water partition coefficient (Wildman–Crippen LogP) is 0.0797. The summed E-state index contributed by atoms with van der Waals surface area (Å²) in [4.78, 5) is 22.4. The minimum Gasteiger partial charge on any atom is -0.482 e.